The van der Waals surface area contributed by atoms with Crippen LogP contribution in [0.15, 0.2) is 52.1 Å². The summed E-state index contributed by atoms with van der Waals surface area (Å²) >= 11 is 1.24. The lowest BCUT2D eigenvalue weighted by Crippen LogP contribution is -2.32. The van der Waals surface area contributed by atoms with E-state index in [1.807, 2.05) is 30.3 Å². The van der Waals surface area contributed by atoms with Gasteiger partial charge in [-0.15, -0.1) is 23.7 Å². The van der Waals surface area contributed by atoms with Crippen molar-refractivity contribution in [2.24, 2.45) is 5.73 Å². The fourth-order valence-electron chi connectivity index (χ4n) is 1.88. The fraction of sp³-hybridized carbons (Fsp3) is 0.286. The molecular weight excluding hydrogens is 328 g/mol. The maximum Gasteiger partial charge on any atom is 0.252 e. The molecule has 7 heteroatoms. The zero-order valence-electron chi connectivity index (χ0n) is 11.5. The standard InChI is InChI=1S/C14H18N2O2S2.ClH/c15-9-5-10-16(12-13-6-2-1-3-7-13)20(17,18)14-8-4-11-19-14;/h1-4,6-8,11H,5,9-10,12,15H2;1H. The van der Waals surface area contributed by atoms with Crippen LogP contribution in [0.25, 0.3) is 0 Å². The highest BCUT2D eigenvalue weighted by atomic mass is 35.5. The SMILES string of the molecule is Cl.NCCCN(Cc1ccccc1)S(=O)(=O)c1cccs1. The third-order valence-electron chi connectivity index (χ3n) is 2.90. The van der Waals surface area contributed by atoms with Crippen LogP contribution in [0.1, 0.15) is 12.0 Å². The van der Waals surface area contributed by atoms with Crippen LogP contribution in [0.5, 0.6) is 0 Å². The Morgan fingerprint density at radius 3 is 2.38 bits per heavy atom. The molecule has 0 bridgehead atoms. The number of sulfonamides is 1. The van der Waals surface area contributed by atoms with Gasteiger partial charge in [-0.2, -0.15) is 4.31 Å². The second-order valence-corrected chi connectivity index (χ2v) is 7.51. The minimum atomic E-state index is -3.43. The molecule has 2 aromatic rings. The van der Waals surface area contributed by atoms with Gasteiger partial charge in [0.1, 0.15) is 4.21 Å². The largest absolute Gasteiger partial charge is 0.330 e. The molecule has 2 rings (SSSR count). The summed E-state index contributed by atoms with van der Waals surface area (Å²) in [5.41, 5.74) is 6.49. The van der Waals surface area contributed by atoms with Crippen LogP contribution in [-0.2, 0) is 16.6 Å². The molecule has 0 radical (unpaired) electrons. The zero-order valence-corrected chi connectivity index (χ0v) is 14.0. The highest BCUT2D eigenvalue weighted by Gasteiger charge is 2.24. The van der Waals surface area contributed by atoms with E-state index >= 15 is 0 Å². The summed E-state index contributed by atoms with van der Waals surface area (Å²) in [5.74, 6) is 0. The summed E-state index contributed by atoms with van der Waals surface area (Å²) in [6.45, 7) is 1.29. The number of rotatable bonds is 7. The minimum Gasteiger partial charge on any atom is -0.330 e. The summed E-state index contributed by atoms with van der Waals surface area (Å²) in [4.78, 5) is 0. The molecule has 4 nitrogen and oxygen atoms in total. The van der Waals surface area contributed by atoms with Gasteiger partial charge >= 0.3 is 0 Å². The first-order valence-corrected chi connectivity index (χ1v) is 8.74. The van der Waals surface area contributed by atoms with Gasteiger partial charge in [0.15, 0.2) is 0 Å². The smallest absolute Gasteiger partial charge is 0.252 e. The number of thiophene rings is 1. The lowest BCUT2D eigenvalue weighted by molar-refractivity contribution is 0.403. The van der Waals surface area contributed by atoms with Crippen LogP contribution >= 0.6 is 23.7 Å². The van der Waals surface area contributed by atoms with Crippen molar-refractivity contribution in [2.75, 3.05) is 13.1 Å². The Morgan fingerprint density at radius 2 is 1.81 bits per heavy atom. The normalized spacial score (nSPS) is 11.3. The number of benzene rings is 1. The summed E-state index contributed by atoms with van der Waals surface area (Å²) < 4.78 is 27.1. The molecule has 2 N–H and O–H groups in total. The van der Waals surface area contributed by atoms with Gasteiger partial charge in [-0.3, -0.25) is 0 Å². The van der Waals surface area contributed by atoms with Gasteiger partial charge in [0.05, 0.1) is 0 Å². The topological polar surface area (TPSA) is 63.4 Å². The second-order valence-electron chi connectivity index (χ2n) is 4.40. The average Bonchev–Trinajstić information content (AvgIpc) is 2.99. The molecule has 0 saturated carbocycles. The van der Waals surface area contributed by atoms with Gasteiger partial charge in [0.25, 0.3) is 10.0 Å². The Labute approximate surface area is 136 Å². The molecule has 0 spiro atoms. The molecule has 0 aliphatic heterocycles. The summed E-state index contributed by atoms with van der Waals surface area (Å²) in [5, 5.41) is 1.77. The Balaban J connectivity index is 0.00000220. The van der Waals surface area contributed by atoms with Gasteiger partial charge in [-0.05, 0) is 30.0 Å². The van der Waals surface area contributed by atoms with Crippen molar-refractivity contribution in [1.82, 2.24) is 4.31 Å². The van der Waals surface area contributed by atoms with Crippen molar-refractivity contribution in [2.45, 2.75) is 17.2 Å². The van der Waals surface area contributed by atoms with Gasteiger partial charge in [0, 0.05) is 13.1 Å². The first-order valence-electron chi connectivity index (χ1n) is 6.42. The van der Waals surface area contributed by atoms with Crippen molar-refractivity contribution in [3.05, 3.63) is 53.4 Å². The van der Waals surface area contributed by atoms with Crippen LogP contribution < -0.4 is 5.73 Å². The zero-order chi connectivity index (χ0) is 14.4. The first kappa shape index (κ1) is 18.1. The van der Waals surface area contributed by atoms with Crippen LogP contribution in [0.2, 0.25) is 0 Å². The van der Waals surface area contributed by atoms with Gasteiger partial charge in [-0.1, -0.05) is 36.4 Å². The lowest BCUT2D eigenvalue weighted by Gasteiger charge is -2.21. The molecule has 0 aliphatic rings. The fourth-order valence-corrected chi connectivity index (χ4v) is 4.49. The number of halogens is 1. The van der Waals surface area contributed by atoms with Gasteiger partial charge < -0.3 is 5.73 Å². The number of hydrogen-bond donors (Lipinski definition) is 1. The maximum absolute atomic E-state index is 12.6. The number of hydrogen-bond acceptors (Lipinski definition) is 4. The van der Waals surface area contributed by atoms with E-state index in [1.54, 1.807) is 17.5 Å². The minimum absolute atomic E-state index is 0. The Bertz CT molecular complexity index is 616. The molecule has 1 heterocycles. The van der Waals surface area contributed by atoms with E-state index in [4.69, 9.17) is 5.73 Å². The Hall–Kier alpha value is -0.920. The summed E-state index contributed by atoms with van der Waals surface area (Å²) in [6, 6.07) is 13.0. The van der Waals surface area contributed by atoms with E-state index in [-0.39, 0.29) is 12.4 Å². The van der Waals surface area contributed by atoms with Crippen LogP contribution in [0, 0.1) is 0 Å². The van der Waals surface area contributed by atoms with Crippen molar-refractivity contribution < 1.29 is 8.42 Å². The second kappa shape index (κ2) is 8.51. The molecule has 1 aromatic heterocycles. The van der Waals surface area contributed by atoms with E-state index < -0.39 is 10.0 Å². The molecule has 1 aromatic carbocycles. The number of nitrogens with two attached hydrogens (primary N) is 1. The Morgan fingerprint density at radius 1 is 1.10 bits per heavy atom. The van der Waals surface area contributed by atoms with Crippen molar-refractivity contribution in [1.29, 1.82) is 0 Å². The first-order chi connectivity index (χ1) is 9.64. The van der Waals surface area contributed by atoms with E-state index in [9.17, 15) is 8.42 Å². The van der Waals surface area contributed by atoms with Crippen molar-refractivity contribution >= 4 is 33.8 Å². The summed E-state index contributed by atoms with van der Waals surface area (Å²) in [7, 11) is -3.43. The quantitative estimate of drug-likeness (QED) is 0.838. The highest BCUT2D eigenvalue weighted by Crippen LogP contribution is 2.22. The lowest BCUT2D eigenvalue weighted by atomic mass is 10.2. The van der Waals surface area contributed by atoms with Crippen LogP contribution in [0.4, 0.5) is 0 Å². The van der Waals surface area contributed by atoms with E-state index in [0.717, 1.165) is 5.56 Å². The maximum atomic E-state index is 12.6. The molecule has 0 fully saturated rings. The third kappa shape index (κ3) is 4.79. The molecule has 116 valence electrons. The molecule has 0 aliphatic carbocycles. The molecular formula is C14H19ClN2O2S2. The van der Waals surface area contributed by atoms with Crippen molar-refractivity contribution in [3.8, 4) is 0 Å². The van der Waals surface area contributed by atoms with Crippen LogP contribution in [-0.4, -0.2) is 25.8 Å². The van der Waals surface area contributed by atoms with E-state index in [2.05, 4.69) is 0 Å². The van der Waals surface area contributed by atoms with Crippen molar-refractivity contribution in [3.63, 3.8) is 0 Å². The third-order valence-corrected chi connectivity index (χ3v) is 6.12. The summed E-state index contributed by atoms with van der Waals surface area (Å²) in [6.07, 6.45) is 0.650. The predicted octanol–water partition coefficient (Wildman–Crippen LogP) is 2.71. The van der Waals surface area contributed by atoms with Crippen LogP contribution in [0.3, 0.4) is 0 Å². The van der Waals surface area contributed by atoms with E-state index in [1.165, 1.54) is 15.6 Å². The number of nitrogens with zero attached hydrogens (tertiary/aromatic N) is 1. The monoisotopic (exact) mass is 346 g/mol. The molecule has 0 atom stereocenters. The molecule has 0 unspecified atom stereocenters. The molecule has 0 amide bonds. The predicted molar refractivity (Wildman–Crippen MR) is 89.3 cm³/mol. The van der Waals surface area contributed by atoms with Gasteiger partial charge in [-0.25, -0.2) is 8.42 Å². The molecule has 0 saturated heterocycles. The van der Waals surface area contributed by atoms with E-state index in [0.29, 0.717) is 30.3 Å². The Kier molecular flexibility index (Phi) is 7.34. The highest BCUT2D eigenvalue weighted by molar-refractivity contribution is 7.91. The molecule has 21 heavy (non-hydrogen) atoms. The average molecular weight is 347 g/mol. The van der Waals surface area contributed by atoms with Gasteiger partial charge in [0.2, 0.25) is 0 Å².